The molecule has 1 fully saturated rings. The topological polar surface area (TPSA) is 92.4 Å². The van der Waals surface area contributed by atoms with Gasteiger partial charge in [0, 0.05) is 6.54 Å². The number of oxazole rings is 1. The number of carboxylic acid groups (broad SMARTS) is 1. The first-order valence-electron chi connectivity index (χ1n) is 6.50. The Bertz CT molecular complexity index is 469. The minimum Gasteiger partial charge on any atom is -0.481 e. The summed E-state index contributed by atoms with van der Waals surface area (Å²) in [7, 11) is 0. The molecule has 1 aromatic heterocycles. The Kier molecular flexibility index (Phi) is 4.19. The molecule has 1 aliphatic carbocycles. The SMILES string of the molecule is Cc1ncoc1C(=O)NCC1CCCCC1C(=O)O. The Labute approximate surface area is 111 Å². The van der Waals surface area contributed by atoms with Crippen LogP contribution in [0.2, 0.25) is 0 Å². The fraction of sp³-hybridized carbons (Fsp3) is 0.615. The first-order valence-corrected chi connectivity index (χ1v) is 6.50. The molecule has 0 aliphatic heterocycles. The predicted molar refractivity (Wildman–Crippen MR) is 66.7 cm³/mol. The van der Waals surface area contributed by atoms with Gasteiger partial charge in [-0.1, -0.05) is 12.8 Å². The van der Waals surface area contributed by atoms with E-state index in [-0.39, 0.29) is 23.5 Å². The largest absolute Gasteiger partial charge is 0.481 e. The minimum atomic E-state index is -0.769. The highest BCUT2D eigenvalue weighted by molar-refractivity contribution is 5.92. The average molecular weight is 266 g/mol. The maximum absolute atomic E-state index is 11.9. The summed E-state index contributed by atoms with van der Waals surface area (Å²) >= 11 is 0. The lowest BCUT2D eigenvalue weighted by Crippen LogP contribution is -2.37. The lowest BCUT2D eigenvalue weighted by molar-refractivity contribution is -0.144. The molecule has 0 aromatic carbocycles. The van der Waals surface area contributed by atoms with Crippen LogP contribution in [0.1, 0.15) is 41.9 Å². The zero-order valence-electron chi connectivity index (χ0n) is 10.9. The van der Waals surface area contributed by atoms with Crippen LogP contribution in [0, 0.1) is 18.8 Å². The fourth-order valence-electron chi connectivity index (χ4n) is 2.60. The molecule has 0 spiro atoms. The number of carbonyl (C=O) groups excluding carboxylic acids is 1. The molecule has 1 aromatic rings. The molecule has 0 bridgehead atoms. The van der Waals surface area contributed by atoms with Crippen molar-refractivity contribution in [2.45, 2.75) is 32.6 Å². The zero-order valence-corrected chi connectivity index (χ0v) is 10.9. The monoisotopic (exact) mass is 266 g/mol. The highest BCUT2D eigenvalue weighted by Crippen LogP contribution is 2.29. The Morgan fingerprint density at radius 2 is 2.21 bits per heavy atom. The van der Waals surface area contributed by atoms with E-state index in [2.05, 4.69) is 10.3 Å². The lowest BCUT2D eigenvalue weighted by atomic mass is 9.79. The Hall–Kier alpha value is -1.85. The Morgan fingerprint density at radius 1 is 1.47 bits per heavy atom. The van der Waals surface area contributed by atoms with Gasteiger partial charge in [-0.3, -0.25) is 9.59 Å². The molecule has 6 nitrogen and oxygen atoms in total. The second-order valence-corrected chi connectivity index (χ2v) is 4.97. The van der Waals surface area contributed by atoms with Gasteiger partial charge in [0.1, 0.15) is 0 Å². The van der Waals surface area contributed by atoms with E-state index in [1.54, 1.807) is 6.92 Å². The van der Waals surface area contributed by atoms with E-state index in [1.807, 2.05) is 0 Å². The van der Waals surface area contributed by atoms with E-state index < -0.39 is 5.97 Å². The molecule has 19 heavy (non-hydrogen) atoms. The molecular formula is C13H18N2O4. The Balaban J connectivity index is 1.92. The third kappa shape index (κ3) is 3.13. The first kappa shape index (κ1) is 13.6. The van der Waals surface area contributed by atoms with Crippen molar-refractivity contribution >= 4 is 11.9 Å². The molecule has 104 valence electrons. The molecule has 1 aliphatic rings. The van der Waals surface area contributed by atoms with Crippen molar-refractivity contribution in [1.29, 1.82) is 0 Å². The van der Waals surface area contributed by atoms with Gasteiger partial charge in [-0.2, -0.15) is 0 Å². The number of aromatic nitrogens is 1. The number of hydrogen-bond acceptors (Lipinski definition) is 4. The van der Waals surface area contributed by atoms with Crippen LogP contribution in [0.15, 0.2) is 10.8 Å². The van der Waals surface area contributed by atoms with E-state index in [4.69, 9.17) is 9.52 Å². The number of nitrogens with one attached hydrogen (secondary N) is 1. The molecule has 1 saturated carbocycles. The summed E-state index contributed by atoms with van der Waals surface area (Å²) in [6, 6.07) is 0. The van der Waals surface area contributed by atoms with Crippen molar-refractivity contribution in [3.8, 4) is 0 Å². The molecule has 0 radical (unpaired) electrons. The highest BCUT2D eigenvalue weighted by Gasteiger charge is 2.31. The van der Waals surface area contributed by atoms with Gasteiger partial charge >= 0.3 is 5.97 Å². The quantitative estimate of drug-likeness (QED) is 0.863. The number of hydrogen-bond donors (Lipinski definition) is 2. The van der Waals surface area contributed by atoms with Crippen LogP contribution < -0.4 is 5.32 Å². The summed E-state index contributed by atoms with van der Waals surface area (Å²) < 4.78 is 5.00. The Morgan fingerprint density at radius 3 is 2.84 bits per heavy atom. The van der Waals surface area contributed by atoms with E-state index in [0.29, 0.717) is 18.7 Å². The number of amides is 1. The van der Waals surface area contributed by atoms with Crippen molar-refractivity contribution in [2.24, 2.45) is 11.8 Å². The lowest BCUT2D eigenvalue weighted by Gasteiger charge is -2.28. The van der Waals surface area contributed by atoms with Crippen LogP contribution >= 0.6 is 0 Å². The standard InChI is InChI=1S/C13H18N2O4/c1-8-11(19-7-15-8)12(16)14-6-9-4-2-3-5-10(9)13(17)18/h7,9-10H,2-6H2,1H3,(H,14,16)(H,17,18). The van der Waals surface area contributed by atoms with Gasteiger partial charge in [0.15, 0.2) is 6.39 Å². The maximum Gasteiger partial charge on any atom is 0.306 e. The molecule has 0 saturated heterocycles. The van der Waals surface area contributed by atoms with Crippen LogP contribution in [-0.2, 0) is 4.79 Å². The van der Waals surface area contributed by atoms with Crippen molar-refractivity contribution in [1.82, 2.24) is 10.3 Å². The van der Waals surface area contributed by atoms with Crippen molar-refractivity contribution in [3.05, 3.63) is 17.8 Å². The van der Waals surface area contributed by atoms with Gasteiger partial charge in [-0.05, 0) is 25.7 Å². The van der Waals surface area contributed by atoms with E-state index in [0.717, 1.165) is 19.3 Å². The van der Waals surface area contributed by atoms with Crippen LogP contribution in [-0.4, -0.2) is 28.5 Å². The van der Waals surface area contributed by atoms with Crippen LogP contribution in [0.5, 0.6) is 0 Å². The van der Waals surface area contributed by atoms with E-state index >= 15 is 0 Å². The third-order valence-corrected chi connectivity index (χ3v) is 3.70. The number of nitrogens with zero attached hydrogens (tertiary/aromatic N) is 1. The molecule has 6 heteroatoms. The van der Waals surface area contributed by atoms with Gasteiger partial charge in [0.2, 0.25) is 5.76 Å². The van der Waals surface area contributed by atoms with E-state index in [9.17, 15) is 9.59 Å². The molecule has 2 rings (SSSR count). The van der Waals surface area contributed by atoms with Crippen LogP contribution in [0.4, 0.5) is 0 Å². The first-order chi connectivity index (χ1) is 9.09. The van der Waals surface area contributed by atoms with Crippen LogP contribution in [0.25, 0.3) is 0 Å². The minimum absolute atomic E-state index is 0.00146. The van der Waals surface area contributed by atoms with E-state index in [1.165, 1.54) is 6.39 Å². The number of carboxylic acids is 1. The molecular weight excluding hydrogens is 248 g/mol. The van der Waals surface area contributed by atoms with Crippen molar-refractivity contribution in [3.63, 3.8) is 0 Å². The summed E-state index contributed by atoms with van der Waals surface area (Å²) in [5, 5.41) is 11.9. The molecule has 2 unspecified atom stereocenters. The maximum atomic E-state index is 11.9. The summed E-state index contributed by atoms with van der Waals surface area (Å²) in [4.78, 5) is 26.9. The molecule has 2 atom stereocenters. The number of rotatable bonds is 4. The highest BCUT2D eigenvalue weighted by atomic mass is 16.4. The molecule has 1 heterocycles. The molecule has 2 N–H and O–H groups in total. The number of carbonyl (C=O) groups is 2. The third-order valence-electron chi connectivity index (χ3n) is 3.70. The second-order valence-electron chi connectivity index (χ2n) is 4.97. The smallest absolute Gasteiger partial charge is 0.306 e. The van der Waals surface area contributed by atoms with Gasteiger partial charge in [-0.25, -0.2) is 4.98 Å². The normalized spacial score (nSPS) is 23.0. The summed E-state index contributed by atoms with van der Waals surface area (Å²) in [6.07, 6.45) is 4.73. The van der Waals surface area contributed by atoms with Gasteiger partial charge in [0.05, 0.1) is 11.6 Å². The van der Waals surface area contributed by atoms with Gasteiger partial charge in [0.25, 0.3) is 5.91 Å². The summed E-state index contributed by atoms with van der Waals surface area (Å²) in [6.45, 7) is 2.06. The number of aliphatic carboxylic acids is 1. The van der Waals surface area contributed by atoms with Crippen molar-refractivity contribution < 1.29 is 19.1 Å². The summed E-state index contributed by atoms with van der Waals surface area (Å²) in [5.41, 5.74) is 0.538. The van der Waals surface area contributed by atoms with Crippen molar-refractivity contribution in [2.75, 3.05) is 6.54 Å². The zero-order chi connectivity index (χ0) is 13.8. The predicted octanol–water partition coefficient (Wildman–Crippen LogP) is 1.60. The second kappa shape index (κ2) is 5.86. The van der Waals surface area contributed by atoms with Gasteiger partial charge < -0.3 is 14.8 Å². The number of aryl methyl sites for hydroxylation is 1. The molecule has 1 amide bonds. The summed E-state index contributed by atoms with van der Waals surface area (Å²) in [5.74, 6) is -1.26. The average Bonchev–Trinajstić information content (AvgIpc) is 2.82. The van der Waals surface area contributed by atoms with Gasteiger partial charge in [-0.15, -0.1) is 0 Å². The van der Waals surface area contributed by atoms with Crippen LogP contribution in [0.3, 0.4) is 0 Å². The fourth-order valence-corrected chi connectivity index (χ4v) is 2.60.